The summed E-state index contributed by atoms with van der Waals surface area (Å²) in [5.74, 6) is 0. The first-order valence-corrected chi connectivity index (χ1v) is 9.56. The molecule has 5 heteroatoms. The second-order valence-corrected chi connectivity index (χ2v) is 7.65. The van der Waals surface area contributed by atoms with Crippen LogP contribution in [-0.4, -0.2) is 52.5 Å². The van der Waals surface area contributed by atoms with Gasteiger partial charge in [0.15, 0.2) is 0 Å². The van der Waals surface area contributed by atoms with Gasteiger partial charge in [0.1, 0.15) is 0 Å². The van der Waals surface area contributed by atoms with Gasteiger partial charge >= 0.3 is 0 Å². The van der Waals surface area contributed by atoms with Crippen LogP contribution in [0.25, 0.3) is 10.9 Å². The highest BCUT2D eigenvalue weighted by molar-refractivity contribution is 7.09. The largest absolute Gasteiger partial charge is 0.361 e. The zero-order chi connectivity index (χ0) is 16.4. The second-order valence-electron chi connectivity index (χ2n) is 6.59. The number of hydrogen-bond donors (Lipinski definition) is 1. The molecule has 0 radical (unpaired) electrons. The molecule has 0 bridgehead atoms. The van der Waals surface area contributed by atoms with Gasteiger partial charge in [0, 0.05) is 61.7 Å². The van der Waals surface area contributed by atoms with E-state index in [0.717, 1.165) is 45.7 Å². The minimum absolute atomic E-state index is 1.00. The molecule has 1 aliphatic rings. The summed E-state index contributed by atoms with van der Waals surface area (Å²) < 4.78 is 0. The molecule has 1 N–H and O–H groups in total. The minimum Gasteiger partial charge on any atom is -0.361 e. The maximum Gasteiger partial charge on any atom is 0.0897 e. The van der Waals surface area contributed by atoms with Crippen LogP contribution in [0.2, 0.25) is 0 Å². The summed E-state index contributed by atoms with van der Waals surface area (Å²) in [6.07, 6.45) is 3.29. The molecule has 0 atom stereocenters. The summed E-state index contributed by atoms with van der Waals surface area (Å²) in [4.78, 5) is 13.1. The fourth-order valence-electron chi connectivity index (χ4n) is 3.50. The van der Waals surface area contributed by atoms with Crippen LogP contribution < -0.4 is 0 Å². The van der Waals surface area contributed by atoms with Crippen molar-refractivity contribution in [2.75, 3.05) is 32.7 Å². The molecule has 1 aromatic carbocycles. The first-order chi connectivity index (χ1) is 11.8. The van der Waals surface area contributed by atoms with Gasteiger partial charge in [-0.15, -0.1) is 11.3 Å². The number of fused-ring (bicyclic) bond motifs is 1. The number of hydrogen-bond acceptors (Lipinski definition) is 4. The predicted octanol–water partition coefficient (Wildman–Crippen LogP) is 3.29. The van der Waals surface area contributed by atoms with Gasteiger partial charge in [-0.1, -0.05) is 18.2 Å². The van der Waals surface area contributed by atoms with Crippen LogP contribution in [0.15, 0.2) is 35.8 Å². The number of aryl methyl sites for hydroxylation is 1. The van der Waals surface area contributed by atoms with Crippen LogP contribution in [0.1, 0.15) is 16.3 Å². The number of rotatable bonds is 5. The van der Waals surface area contributed by atoms with E-state index in [4.69, 9.17) is 0 Å². The molecule has 0 aliphatic carbocycles. The molecule has 126 valence electrons. The van der Waals surface area contributed by atoms with Crippen LogP contribution in [0.5, 0.6) is 0 Å². The van der Waals surface area contributed by atoms with E-state index in [9.17, 15) is 0 Å². The quantitative estimate of drug-likeness (QED) is 0.774. The van der Waals surface area contributed by atoms with E-state index in [0.29, 0.717) is 0 Å². The number of aromatic nitrogens is 2. The SMILES string of the molecule is Cc1nc(CN2CCN(CCc3c[nH]c4ccccc34)CC2)cs1. The lowest BCUT2D eigenvalue weighted by Crippen LogP contribution is -2.46. The van der Waals surface area contributed by atoms with E-state index in [-0.39, 0.29) is 0 Å². The molecule has 3 aromatic rings. The average Bonchev–Trinajstić information content (AvgIpc) is 3.20. The minimum atomic E-state index is 1.00. The molecule has 1 saturated heterocycles. The molecule has 2 aromatic heterocycles. The molecule has 1 aliphatic heterocycles. The zero-order valence-corrected chi connectivity index (χ0v) is 15.0. The van der Waals surface area contributed by atoms with Gasteiger partial charge in [0.25, 0.3) is 0 Å². The molecule has 0 unspecified atom stereocenters. The number of nitrogens with one attached hydrogen (secondary N) is 1. The molecule has 4 nitrogen and oxygen atoms in total. The molecule has 4 rings (SSSR count). The summed E-state index contributed by atoms with van der Waals surface area (Å²) >= 11 is 1.75. The highest BCUT2D eigenvalue weighted by atomic mass is 32.1. The van der Waals surface area contributed by atoms with Gasteiger partial charge in [0.2, 0.25) is 0 Å². The third-order valence-corrected chi connectivity index (χ3v) is 5.71. The Labute approximate surface area is 147 Å². The van der Waals surface area contributed by atoms with Crippen molar-refractivity contribution in [3.63, 3.8) is 0 Å². The van der Waals surface area contributed by atoms with Crippen molar-refractivity contribution in [2.45, 2.75) is 19.9 Å². The molecule has 0 saturated carbocycles. The highest BCUT2D eigenvalue weighted by Crippen LogP contribution is 2.19. The van der Waals surface area contributed by atoms with Crippen molar-refractivity contribution in [2.24, 2.45) is 0 Å². The van der Waals surface area contributed by atoms with Gasteiger partial charge in [-0.05, 0) is 25.0 Å². The number of piperazine rings is 1. The molecule has 0 spiro atoms. The molecular weight excluding hydrogens is 316 g/mol. The number of nitrogens with zero attached hydrogens (tertiary/aromatic N) is 3. The lowest BCUT2D eigenvalue weighted by atomic mass is 10.1. The van der Waals surface area contributed by atoms with Crippen molar-refractivity contribution in [3.8, 4) is 0 Å². The Bertz CT molecular complexity index is 798. The van der Waals surface area contributed by atoms with E-state index in [1.54, 1.807) is 11.3 Å². The lowest BCUT2D eigenvalue weighted by Gasteiger charge is -2.34. The third kappa shape index (κ3) is 3.53. The molecular formula is C19H24N4S. The van der Waals surface area contributed by atoms with E-state index in [2.05, 4.69) is 62.5 Å². The van der Waals surface area contributed by atoms with Crippen LogP contribution >= 0.6 is 11.3 Å². The number of aromatic amines is 1. The Morgan fingerprint density at radius 1 is 1.12 bits per heavy atom. The van der Waals surface area contributed by atoms with Gasteiger partial charge in [-0.25, -0.2) is 4.98 Å². The molecule has 3 heterocycles. The standard InChI is InChI=1S/C19H24N4S/c1-15-21-17(14-24-15)13-23-10-8-22(9-11-23)7-6-16-12-20-19-5-3-2-4-18(16)19/h2-5,12,14,20H,6-11,13H2,1H3. The normalized spacial score (nSPS) is 16.9. The van der Waals surface area contributed by atoms with Gasteiger partial charge in [-0.3, -0.25) is 4.90 Å². The Hall–Kier alpha value is -1.69. The van der Waals surface area contributed by atoms with Crippen molar-refractivity contribution in [1.82, 2.24) is 19.8 Å². The molecule has 24 heavy (non-hydrogen) atoms. The Morgan fingerprint density at radius 3 is 2.71 bits per heavy atom. The van der Waals surface area contributed by atoms with E-state index >= 15 is 0 Å². The Kier molecular flexibility index (Phi) is 4.65. The Morgan fingerprint density at radius 2 is 1.92 bits per heavy atom. The molecule has 1 fully saturated rings. The third-order valence-electron chi connectivity index (χ3n) is 4.89. The summed E-state index contributed by atoms with van der Waals surface area (Å²) in [6.45, 7) is 8.83. The number of para-hydroxylation sites is 1. The van der Waals surface area contributed by atoms with Crippen LogP contribution in [0, 0.1) is 6.92 Å². The second kappa shape index (κ2) is 7.05. The maximum atomic E-state index is 4.58. The maximum absolute atomic E-state index is 4.58. The zero-order valence-electron chi connectivity index (χ0n) is 14.2. The summed E-state index contributed by atoms with van der Waals surface area (Å²) in [5.41, 5.74) is 3.91. The van der Waals surface area contributed by atoms with Crippen LogP contribution in [0.4, 0.5) is 0 Å². The monoisotopic (exact) mass is 340 g/mol. The van der Waals surface area contributed by atoms with Gasteiger partial charge < -0.3 is 9.88 Å². The van der Waals surface area contributed by atoms with Crippen molar-refractivity contribution < 1.29 is 0 Å². The van der Waals surface area contributed by atoms with E-state index in [1.807, 2.05) is 0 Å². The van der Waals surface area contributed by atoms with Crippen molar-refractivity contribution >= 4 is 22.2 Å². The van der Waals surface area contributed by atoms with Crippen LogP contribution in [0.3, 0.4) is 0 Å². The van der Waals surface area contributed by atoms with E-state index in [1.165, 1.54) is 27.2 Å². The van der Waals surface area contributed by atoms with Crippen molar-refractivity contribution in [1.29, 1.82) is 0 Å². The van der Waals surface area contributed by atoms with Gasteiger partial charge in [0.05, 0.1) is 10.7 Å². The van der Waals surface area contributed by atoms with Crippen molar-refractivity contribution in [3.05, 3.63) is 52.1 Å². The average molecular weight is 340 g/mol. The molecule has 0 amide bonds. The lowest BCUT2D eigenvalue weighted by molar-refractivity contribution is 0.127. The fraction of sp³-hybridized carbons (Fsp3) is 0.421. The fourth-order valence-corrected chi connectivity index (χ4v) is 4.10. The smallest absolute Gasteiger partial charge is 0.0897 e. The van der Waals surface area contributed by atoms with Crippen LogP contribution in [-0.2, 0) is 13.0 Å². The predicted molar refractivity (Wildman–Crippen MR) is 101 cm³/mol. The summed E-state index contributed by atoms with van der Waals surface area (Å²) in [6, 6.07) is 8.58. The number of H-pyrrole nitrogens is 1. The topological polar surface area (TPSA) is 35.2 Å². The van der Waals surface area contributed by atoms with Gasteiger partial charge in [-0.2, -0.15) is 0 Å². The first kappa shape index (κ1) is 15.8. The summed E-state index contributed by atoms with van der Waals surface area (Å²) in [5, 5.41) is 4.73. The number of thiazole rings is 1. The number of benzene rings is 1. The highest BCUT2D eigenvalue weighted by Gasteiger charge is 2.17. The van der Waals surface area contributed by atoms with E-state index < -0.39 is 0 Å². The Balaban J connectivity index is 1.27. The summed E-state index contributed by atoms with van der Waals surface area (Å²) in [7, 11) is 0. The first-order valence-electron chi connectivity index (χ1n) is 8.68.